The molecule has 86 valence electrons. The van der Waals surface area contributed by atoms with Crippen molar-refractivity contribution in [1.29, 1.82) is 0 Å². The van der Waals surface area contributed by atoms with Gasteiger partial charge in [-0.05, 0) is 39.5 Å². The van der Waals surface area contributed by atoms with Crippen molar-refractivity contribution in [3.63, 3.8) is 0 Å². The lowest BCUT2D eigenvalue weighted by Gasteiger charge is -2.39. The van der Waals surface area contributed by atoms with Gasteiger partial charge in [0.2, 0.25) is 5.91 Å². The molecule has 0 radical (unpaired) electrons. The molecule has 0 unspecified atom stereocenters. The van der Waals surface area contributed by atoms with Crippen LogP contribution in [-0.2, 0) is 9.59 Å². The van der Waals surface area contributed by atoms with Crippen molar-refractivity contribution in [2.24, 2.45) is 0 Å². The normalized spacial score (nSPS) is 26.4. The van der Waals surface area contributed by atoms with Crippen molar-refractivity contribution in [2.45, 2.75) is 58.0 Å². The quantitative estimate of drug-likeness (QED) is 0.676. The number of piperidine rings is 1. The Bertz CT molecular complexity index is 242. The molecular weight excluding hydrogens is 194 g/mol. The Morgan fingerprint density at radius 3 is 2.20 bits per heavy atom. The minimum atomic E-state index is -1.15. The average molecular weight is 212 g/mol. The third-order valence-corrected chi connectivity index (χ3v) is 3.02. The number of carbonyl (C=O) groups excluding carboxylic acids is 2. The molecule has 4 nitrogen and oxygen atoms in total. The zero-order valence-corrected chi connectivity index (χ0v) is 9.36. The molecule has 0 N–H and O–H groups in total. The standard InChI is InChI=1S/C11H19NO3/c1-8-4-3-5-9(2)12(8)10(13)6-7-11(14)15/h8-9H,3-7H2,1-2H3,(H,14,15)/p-1/t8-,9-/m1/s1. The fraction of sp³-hybridized carbons (Fsp3) is 0.818. The maximum Gasteiger partial charge on any atom is 0.223 e. The Morgan fingerprint density at radius 1 is 1.20 bits per heavy atom. The summed E-state index contributed by atoms with van der Waals surface area (Å²) in [6.45, 7) is 4.04. The largest absolute Gasteiger partial charge is 0.550 e. The van der Waals surface area contributed by atoms with Crippen LogP contribution in [0.5, 0.6) is 0 Å². The number of likely N-dealkylation sites (tertiary alicyclic amines) is 1. The Morgan fingerprint density at radius 2 is 1.73 bits per heavy atom. The molecule has 0 aromatic carbocycles. The fourth-order valence-corrected chi connectivity index (χ4v) is 2.25. The molecule has 1 amide bonds. The van der Waals surface area contributed by atoms with Crippen molar-refractivity contribution in [1.82, 2.24) is 4.90 Å². The maximum atomic E-state index is 11.8. The number of rotatable bonds is 3. The second-order valence-corrected chi connectivity index (χ2v) is 4.30. The third-order valence-electron chi connectivity index (χ3n) is 3.02. The van der Waals surface area contributed by atoms with Gasteiger partial charge in [-0.25, -0.2) is 0 Å². The van der Waals surface area contributed by atoms with Crippen LogP contribution in [0.1, 0.15) is 46.0 Å². The lowest BCUT2D eigenvalue weighted by Crippen LogP contribution is -2.47. The first-order valence-electron chi connectivity index (χ1n) is 5.53. The van der Waals surface area contributed by atoms with Gasteiger partial charge in [0.15, 0.2) is 0 Å². The second kappa shape index (κ2) is 5.14. The van der Waals surface area contributed by atoms with Gasteiger partial charge >= 0.3 is 0 Å². The molecule has 1 saturated heterocycles. The van der Waals surface area contributed by atoms with Crippen LogP contribution in [0.2, 0.25) is 0 Å². The third kappa shape index (κ3) is 3.22. The van der Waals surface area contributed by atoms with Crippen molar-refractivity contribution < 1.29 is 14.7 Å². The predicted molar refractivity (Wildman–Crippen MR) is 53.9 cm³/mol. The highest BCUT2D eigenvalue weighted by molar-refractivity contribution is 5.80. The molecule has 0 aromatic rings. The number of hydrogen-bond donors (Lipinski definition) is 0. The molecule has 0 aromatic heterocycles. The molecular formula is C11H18NO3-. The summed E-state index contributed by atoms with van der Waals surface area (Å²) in [5.74, 6) is -1.21. The zero-order valence-electron chi connectivity index (χ0n) is 9.36. The lowest BCUT2D eigenvalue weighted by molar-refractivity contribution is -0.305. The summed E-state index contributed by atoms with van der Waals surface area (Å²) in [6, 6.07) is 0.478. The molecule has 1 fully saturated rings. The minimum Gasteiger partial charge on any atom is -0.550 e. The van der Waals surface area contributed by atoms with Crippen molar-refractivity contribution >= 4 is 11.9 Å². The van der Waals surface area contributed by atoms with Crippen LogP contribution in [0.25, 0.3) is 0 Å². The number of nitrogens with zero attached hydrogens (tertiary/aromatic N) is 1. The molecule has 2 atom stereocenters. The molecule has 0 saturated carbocycles. The second-order valence-electron chi connectivity index (χ2n) is 4.30. The van der Waals surface area contributed by atoms with E-state index in [1.54, 1.807) is 0 Å². The van der Waals surface area contributed by atoms with Crippen LogP contribution < -0.4 is 5.11 Å². The molecule has 0 bridgehead atoms. The van der Waals surface area contributed by atoms with Gasteiger partial charge in [-0.3, -0.25) is 4.79 Å². The van der Waals surface area contributed by atoms with Gasteiger partial charge in [0.25, 0.3) is 0 Å². The van der Waals surface area contributed by atoms with E-state index in [9.17, 15) is 14.7 Å². The number of carbonyl (C=O) groups is 2. The predicted octanol–water partition coefficient (Wildman–Crippen LogP) is 0.306. The minimum absolute atomic E-state index is 0.0566. The Balaban J connectivity index is 2.51. The molecule has 4 heteroatoms. The van der Waals surface area contributed by atoms with E-state index >= 15 is 0 Å². The Labute approximate surface area is 90.3 Å². The smallest absolute Gasteiger partial charge is 0.223 e. The lowest BCUT2D eigenvalue weighted by atomic mass is 9.97. The highest BCUT2D eigenvalue weighted by Crippen LogP contribution is 2.23. The Kier molecular flexibility index (Phi) is 4.12. The summed E-state index contributed by atoms with van der Waals surface area (Å²) < 4.78 is 0. The van der Waals surface area contributed by atoms with Crippen molar-refractivity contribution in [3.8, 4) is 0 Å². The first-order valence-corrected chi connectivity index (χ1v) is 5.53. The van der Waals surface area contributed by atoms with Crippen LogP contribution >= 0.6 is 0 Å². The zero-order chi connectivity index (χ0) is 11.4. The fourth-order valence-electron chi connectivity index (χ4n) is 2.25. The van der Waals surface area contributed by atoms with Crippen LogP contribution in [-0.4, -0.2) is 28.9 Å². The van der Waals surface area contributed by atoms with E-state index in [2.05, 4.69) is 0 Å². The van der Waals surface area contributed by atoms with E-state index in [0.717, 1.165) is 19.3 Å². The highest BCUT2D eigenvalue weighted by Gasteiger charge is 2.28. The number of carboxylic acid groups (broad SMARTS) is 1. The van der Waals surface area contributed by atoms with Gasteiger partial charge < -0.3 is 14.8 Å². The van der Waals surface area contributed by atoms with Crippen LogP contribution in [0, 0.1) is 0 Å². The van der Waals surface area contributed by atoms with E-state index < -0.39 is 5.97 Å². The van der Waals surface area contributed by atoms with Crippen molar-refractivity contribution in [2.75, 3.05) is 0 Å². The van der Waals surface area contributed by atoms with E-state index in [4.69, 9.17) is 0 Å². The number of carboxylic acids is 1. The SMILES string of the molecule is C[C@@H]1CCC[C@@H](C)N1C(=O)CCC(=O)[O-]. The Hall–Kier alpha value is -1.06. The van der Waals surface area contributed by atoms with E-state index in [1.807, 2.05) is 18.7 Å². The molecule has 1 aliphatic heterocycles. The number of amides is 1. The topological polar surface area (TPSA) is 60.4 Å². The number of hydrogen-bond acceptors (Lipinski definition) is 3. The average Bonchev–Trinajstić information content (AvgIpc) is 2.14. The van der Waals surface area contributed by atoms with Gasteiger partial charge in [0.1, 0.15) is 0 Å². The molecule has 15 heavy (non-hydrogen) atoms. The van der Waals surface area contributed by atoms with Gasteiger partial charge in [-0.15, -0.1) is 0 Å². The summed E-state index contributed by atoms with van der Waals surface area (Å²) in [4.78, 5) is 23.9. The summed E-state index contributed by atoms with van der Waals surface area (Å²) >= 11 is 0. The van der Waals surface area contributed by atoms with Gasteiger partial charge in [-0.1, -0.05) is 0 Å². The van der Waals surface area contributed by atoms with Gasteiger partial charge in [0, 0.05) is 24.5 Å². The molecule has 0 spiro atoms. The van der Waals surface area contributed by atoms with Crippen molar-refractivity contribution in [3.05, 3.63) is 0 Å². The molecule has 1 aliphatic rings. The van der Waals surface area contributed by atoms with Gasteiger partial charge in [0.05, 0.1) is 0 Å². The van der Waals surface area contributed by atoms with E-state index in [1.165, 1.54) is 0 Å². The molecule has 1 rings (SSSR count). The molecule has 0 aliphatic carbocycles. The van der Waals surface area contributed by atoms with Gasteiger partial charge in [-0.2, -0.15) is 0 Å². The monoisotopic (exact) mass is 212 g/mol. The summed E-state index contributed by atoms with van der Waals surface area (Å²) in [5, 5.41) is 10.3. The summed E-state index contributed by atoms with van der Waals surface area (Å²) in [7, 11) is 0. The van der Waals surface area contributed by atoms with E-state index in [0.29, 0.717) is 0 Å². The van der Waals surface area contributed by atoms with Crippen LogP contribution in [0.4, 0.5) is 0 Å². The van der Waals surface area contributed by atoms with E-state index in [-0.39, 0.29) is 30.8 Å². The van der Waals surface area contributed by atoms with Crippen LogP contribution in [0.15, 0.2) is 0 Å². The maximum absolute atomic E-state index is 11.8. The van der Waals surface area contributed by atoms with Crippen LogP contribution in [0.3, 0.4) is 0 Å². The first-order chi connectivity index (χ1) is 7.02. The first kappa shape index (κ1) is 12.0. The summed E-state index contributed by atoms with van der Waals surface area (Å²) in [5.41, 5.74) is 0. The summed E-state index contributed by atoms with van der Waals surface area (Å²) in [6.07, 6.45) is 3.07. The molecule has 1 heterocycles. The highest BCUT2D eigenvalue weighted by atomic mass is 16.4. The number of aliphatic carboxylic acids is 1.